The maximum atomic E-state index is 11.8. The number of nitrogens with zero attached hydrogens (tertiary/aromatic N) is 2. The van der Waals surface area contributed by atoms with Gasteiger partial charge in [-0.1, -0.05) is 6.07 Å². The van der Waals surface area contributed by atoms with E-state index in [-0.39, 0.29) is 17.2 Å². The van der Waals surface area contributed by atoms with Gasteiger partial charge in [-0.05, 0) is 12.1 Å². The molecule has 1 aromatic carbocycles. The van der Waals surface area contributed by atoms with E-state index in [1.54, 1.807) is 18.3 Å². The highest BCUT2D eigenvalue weighted by molar-refractivity contribution is 7.91. The minimum absolute atomic E-state index is 0.00534. The van der Waals surface area contributed by atoms with Crippen LogP contribution >= 0.6 is 0 Å². The van der Waals surface area contributed by atoms with Gasteiger partial charge in [0.15, 0.2) is 9.84 Å². The third-order valence-corrected chi connectivity index (χ3v) is 3.94. The second-order valence-corrected chi connectivity index (χ2v) is 5.30. The van der Waals surface area contributed by atoms with E-state index in [1.807, 2.05) is 6.07 Å². The van der Waals surface area contributed by atoms with Gasteiger partial charge in [-0.15, -0.1) is 0 Å². The summed E-state index contributed by atoms with van der Waals surface area (Å²) in [6, 6.07) is 6.53. The highest BCUT2D eigenvalue weighted by Gasteiger charge is 2.20. The van der Waals surface area contributed by atoms with Crippen LogP contribution in [0.25, 0.3) is 0 Å². The Morgan fingerprint density at radius 3 is 2.93 bits per heavy atom. The number of hydrogen-bond acceptors (Lipinski definition) is 4. The van der Waals surface area contributed by atoms with Gasteiger partial charge in [0, 0.05) is 11.8 Å². The fourth-order valence-corrected chi connectivity index (χ4v) is 2.78. The fraction of sp³-hybridized carbons (Fsp3) is 0.200. The zero-order chi connectivity index (χ0) is 10.9. The molecular formula is C10H8N2O2S. The summed E-state index contributed by atoms with van der Waals surface area (Å²) < 4.78 is 23.5. The van der Waals surface area contributed by atoms with Crippen LogP contribution < -0.4 is 0 Å². The number of hydrogen-bond donors (Lipinski definition) is 0. The first-order valence-electron chi connectivity index (χ1n) is 4.40. The van der Waals surface area contributed by atoms with E-state index in [4.69, 9.17) is 5.26 Å². The number of benzene rings is 1. The van der Waals surface area contributed by atoms with Crippen LogP contribution in [0.3, 0.4) is 0 Å². The minimum atomic E-state index is -3.29. The van der Waals surface area contributed by atoms with Crippen LogP contribution in [0.1, 0.15) is 11.1 Å². The Morgan fingerprint density at radius 2 is 2.20 bits per heavy atom. The molecule has 5 heteroatoms. The van der Waals surface area contributed by atoms with E-state index in [1.165, 1.54) is 6.07 Å². The van der Waals surface area contributed by atoms with Gasteiger partial charge in [-0.25, -0.2) is 8.42 Å². The Kier molecular flexibility index (Phi) is 2.29. The average Bonchev–Trinajstić information content (AvgIpc) is 2.37. The molecule has 1 aliphatic heterocycles. The zero-order valence-electron chi connectivity index (χ0n) is 7.84. The molecular weight excluding hydrogens is 212 g/mol. The van der Waals surface area contributed by atoms with Gasteiger partial charge < -0.3 is 0 Å². The predicted molar refractivity (Wildman–Crippen MR) is 55.7 cm³/mol. The zero-order valence-corrected chi connectivity index (χ0v) is 8.66. The highest BCUT2D eigenvalue weighted by Crippen LogP contribution is 2.19. The molecule has 0 radical (unpaired) electrons. The molecule has 0 amide bonds. The summed E-state index contributed by atoms with van der Waals surface area (Å²) in [6.45, 7) is 0.277. The van der Waals surface area contributed by atoms with Gasteiger partial charge in [0.05, 0.1) is 28.8 Å². The first-order valence-corrected chi connectivity index (χ1v) is 6.05. The first kappa shape index (κ1) is 9.87. The number of sulfone groups is 1. The molecule has 0 fully saturated rings. The number of aliphatic imine (C=N–C) groups is 1. The molecule has 4 nitrogen and oxygen atoms in total. The smallest absolute Gasteiger partial charge is 0.180 e. The van der Waals surface area contributed by atoms with Gasteiger partial charge in [-0.2, -0.15) is 5.26 Å². The maximum absolute atomic E-state index is 11.8. The van der Waals surface area contributed by atoms with E-state index >= 15 is 0 Å². The Labute approximate surface area is 87.8 Å². The summed E-state index contributed by atoms with van der Waals surface area (Å²) in [6.07, 6.45) is 1.54. The molecule has 1 aromatic rings. The molecule has 0 saturated carbocycles. The van der Waals surface area contributed by atoms with Crippen molar-refractivity contribution in [3.63, 3.8) is 0 Å². The third-order valence-electron chi connectivity index (χ3n) is 2.20. The Balaban J connectivity index is 2.72. The van der Waals surface area contributed by atoms with Crippen LogP contribution in [0.2, 0.25) is 0 Å². The Hall–Kier alpha value is -1.67. The van der Waals surface area contributed by atoms with Crippen molar-refractivity contribution in [1.82, 2.24) is 0 Å². The average molecular weight is 220 g/mol. The predicted octanol–water partition coefficient (Wildman–Crippen LogP) is 0.764. The van der Waals surface area contributed by atoms with Crippen LogP contribution in [-0.2, 0) is 9.84 Å². The van der Waals surface area contributed by atoms with Crippen LogP contribution in [0, 0.1) is 11.3 Å². The maximum Gasteiger partial charge on any atom is 0.180 e. The molecule has 0 unspecified atom stereocenters. The van der Waals surface area contributed by atoms with Crippen molar-refractivity contribution >= 4 is 16.1 Å². The van der Waals surface area contributed by atoms with Crippen LogP contribution in [0.5, 0.6) is 0 Å². The molecule has 76 valence electrons. The molecule has 0 aromatic heterocycles. The van der Waals surface area contributed by atoms with Crippen molar-refractivity contribution in [3.05, 3.63) is 29.3 Å². The lowest BCUT2D eigenvalue weighted by Gasteiger charge is -2.03. The summed E-state index contributed by atoms with van der Waals surface area (Å²) >= 11 is 0. The first-order chi connectivity index (χ1) is 7.13. The highest BCUT2D eigenvalue weighted by atomic mass is 32.2. The topological polar surface area (TPSA) is 70.3 Å². The van der Waals surface area contributed by atoms with E-state index in [0.717, 1.165) is 0 Å². The molecule has 0 saturated heterocycles. The summed E-state index contributed by atoms with van der Waals surface area (Å²) in [5.74, 6) is 0.00534. The molecule has 0 aliphatic carbocycles. The van der Waals surface area contributed by atoms with Crippen molar-refractivity contribution in [2.24, 2.45) is 4.99 Å². The molecule has 0 atom stereocenters. The van der Waals surface area contributed by atoms with Gasteiger partial charge in [0.1, 0.15) is 0 Å². The number of fused-ring (bicyclic) bond motifs is 1. The Bertz CT molecular complexity index is 568. The van der Waals surface area contributed by atoms with E-state index < -0.39 is 9.84 Å². The lowest BCUT2D eigenvalue weighted by atomic mass is 10.1. The summed E-state index contributed by atoms with van der Waals surface area (Å²) in [5.41, 5.74) is 0.916. The van der Waals surface area contributed by atoms with E-state index in [0.29, 0.717) is 11.1 Å². The van der Waals surface area contributed by atoms with Gasteiger partial charge in [0.25, 0.3) is 0 Å². The van der Waals surface area contributed by atoms with Crippen LogP contribution in [0.15, 0.2) is 28.1 Å². The number of nitriles is 1. The third kappa shape index (κ3) is 1.76. The molecule has 0 spiro atoms. The molecule has 1 aliphatic rings. The van der Waals surface area contributed by atoms with Crippen molar-refractivity contribution < 1.29 is 8.42 Å². The van der Waals surface area contributed by atoms with Crippen molar-refractivity contribution in [3.8, 4) is 6.07 Å². The fourth-order valence-electron chi connectivity index (χ4n) is 1.43. The molecule has 15 heavy (non-hydrogen) atoms. The lowest BCUT2D eigenvalue weighted by Crippen LogP contribution is -2.09. The molecule has 2 rings (SSSR count). The second kappa shape index (κ2) is 3.48. The van der Waals surface area contributed by atoms with Gasteiger partial charge in [-0.3, -0.25) is 4.99 Å². The summed E-state index contributed by atoms with van der Waals surface area (Å²) in [5, 5.41) is 8.70. The summed E-state index contributed by atoms with van der Waals surface area (Å²) in [4.78, 5) is 4.19. The standard InChI is InChI=1S/C10H8N2O2S/c11-6-8-1-2-9-7-12-3-4-15(13,14)10(9)5-8/h1-2,5,7H,3-4H2. The van der Waals surface area contributed by atoms with E-state index in [9.17, 15) is 8.42 Å². The van der Waals surface area contributed by atoms with Crippen molar-refractivity contribution in [2.75, 3.05) is 12.3 Å². The molecule has 1 heterocycles. The summed E-state index contributed by atoms with van der Waals surface area (Å²) in [7, 11) is -3.29. The van der Waals surface area contributed by atoms with Gasteiger partial charge >= 0.3 is 0 Å². The second-order valence-electron chi connectivity index (χ2n) is 3.22. The van der Waals surface area contributed by atoms with Crippen molar-refractivity contribution in [2.45, 2.75) is 4.90 Å². The largest absolute Gasteiger partial charge is 0.291 e. The monoisotopic (exact) mass is 220 g/mol. The SMILES string of the molecule is N#Cc1ccc2c(c1)S(=O)(=O)CCN=C2. The van der Waals surface area contributed by atoms with Crippen LogP contribution in [0.4, 0.5) is 0 Å². The molecule has 0 N–H and O–H groups in total. The molecule has 0 bridgehead atoms. The van der Waals surface area contributed by atoms with Crippen molar-refractivity contribution in [1.29, 1.82) is 5.26 Å². The normalized spacial score (nSPS) is 17.5. The minimum Gasteiger partial charge on any atom is -0.291 e. The van der Waals surface area contributed by atoms with Crippen LogP contribution in [-0.4, -0.2) is 26.9 Å². The quantitative estimate of drug-likeness (QED) is 0.648. The number of rotatable bonds is 0. The lowest BCUT2D eigenvalue weighted by molar-refractivity contribution is 0.596. The van der Waals surface area contributed by atoms with Gasteiger partial charge in [0.2, 0.25) is 0 Å². The Morgan fingerprint density at radius 1 is 1.40 bits per heavy atom. The van der Waals surface area contributed by atoms with E-state index in [2.05, 4.69) is 4.99 Å².